The van der Waals surface area contributed by atoms with E-state index >= 15 is 0 Å². The quantitative estimate of drug-likeness (QED) is 0.517. The molecule has 1 atom stereocenters. The Kier molecular flexibility index (Phi) is 6.50. The van der Waals surface area contributed by atoms with Gasteiger partial charge < -0.3 is 9.64 Å². The maximum absolute atomic E-state index is 13.0. The highest BCUT2D eigenvalue weighted by atomic mass is 32.2. The van der Waals surface area contributed by atoms with Crippen LogP contribution >= 0.6 is 11.8 Å². The van der Waals surface area contributed by atoms with Crippen LogP contribution in [0.4, 0.5) is 0 Å². The lowest BCUT2D eigenvalue weighted by atomic mass is 9.88. The van der Waals surface area contributed by atoms with E-state index < -0.39 is 0 Å². The van der Waals surface area contributed by atoms with Crippen LogP contribution in [0, 0.1) is 0 Å². The summed E-state index contributed by atoms with van der Waals surface area (Å²) in [7, 11) is 0. The molecule has 1 unspecified atom stereocenters. The monoisotopic (exact) mass is 417 g/mol. The van der Waals surface area contributed by atoms with Crippen molar-refractivity contribution in [3.63, 3.8) is 0 Å². The zero-order chi connectivity index (χ0) is 20.4. The molecule has 29 heavy (non-hydrogen) atoms. The molecule has 2 aliphatic heterocycles. The smallest absolute Gasteiger partial charge is 0.235 e. The summed E-state index contributed by atoms with van der Waals surface area (Å²) in [5.74, 6) is 1.71. The Morgan fingerprint density at radius 2 is 1.79 bits per heavy atom. The summed E-state index contributed by atoms with van der Waals surface area (Å²) in [6.45, 7) is 8.64. The van der Waals surface area contributed by atoms with Gasteiger partial charge in [-0.05, 0) is 52.9 Å². The fourth-order valence-electron chi connectivity index (χ4n) is 4.77. The van der Waals surface area contributed by atoms with Gasteiger partial charge in [-0.15, -0.1) is 0 Å². The average Bonchev–Trinajstić information content (AvgIpc) is 2.73. The number of thioether (sulfide) groups is 1. The minimum absolute atomic E-state index is 0.124. The van der Waals surface area contributed by atoms with Crippen molar-refractivity contribution >= 4 is 17.7 Å². The van der Waals surface area contributed by atoms with E-state index in [0.717, 1.165) is 54.5 Å². The third-order valence-electron chi connectivity index (χ3n) is 6.55. The summed E-state index contributed by atoms with van der Waals surface area (Å²) in [6, 6.07) is 0. The molecule has 160 valence electrons. The Balaban J connectivity index is 1.59. The number of carbonyl (C=O) groups excluding carboxylic acids is 1. The lowest BCUT2D eigenvalue weighted by Gasteiger charge is -2.33. The fourth-order valence-corrected chi connectivity index (χ4v) is 5.82. The van der Waals surface area contributed by atoms with Crippen LogP contribution < -0.4 is 0 Å². The highest BCUT2D eigenvalue weighted by Gasteiger charge is 2.33. The minimum atomic E-state index is -0.192. The SMILES string of the molecule is CC(Sc1nc(C2CCCCC2)nc2c1COC(C)(C)C2)C(=O)N1CCCCC1. The third-order valence-corrected chi connectivity index (χ3v) is 7.66. The van der Waals surface area contributed by atoms with Gasteiger partial charge in [0.15, 0.2) is 0 Å². The number of fused-ring (bicyclic) bond motifs is 1. The molecule has 0 bridgehead atoms. The number of amides is 1. The number of hydrogen-bond donors (Lipinski definition) is 0. The van der Waals surface area contributed by atoms with Crippen LogP contribution in [-0.2, 0) is 22.6 Å². The highest BCUT2D eigenvalue weighted by molar-refractivity contribution is 8.00. The number of hydrogen-bond acceptors (Lipinski definition) is 5. The van der Waals surface area contributed by atoms with Crippen molar-refractivity contribution in [1.29, 1.82) is 0 Å². The minimum Gasteiger partial charge on any atom is -0.370 e. The average molecular weight is 418 g/mol. The molecular weight excluding hydrogens is 382 g/mol. The molecule has 3 aliphatic rings. The number of aromatic nitrogens is 2. The molecule has 1 saturated heterocycles. The second-order valence-corrected chi connectivity index (χ2v) is 10.8. The molecule has 0 aromatic carbocycles. The van der Waals surface area contributed by atoms with Gasteiger partial charge in [-0.25, -0.2) is 9.97 Å². The number of carbonyl (C=O) groups is 1. The summed E-state index contributed by atoms with van der Waals surface area (Å²) in [5, 5.41) is 0.852. The van der Waals surface area contributed by atoms with Gasteiger partial charge >= 0.3 is 0 Å². The van der Waals surface area contributed by atoms with E-state index in [0.29, 0.717) is 12.5 Å². The van der Waals surface area contributed by atoms with E-state index in [1.807, 2.05) is 11.8 Å². The Labute approximate surface area is 179 Å². The molecule has 2 fully saturated rings. The van der Waals surface area contributed by atoms with Crippen molar-refractivity contribution in [2.75, 3.05) is 13.1 Å². The van der Waals surface area contributed by atoms with Gasteiger partial charge in [0.05, 0.1) is 23.2 Å². The Hall–Kier alpha value is -1.14. The van der Waals surface area contributed by atoms with Crippen LogP contribution in [0.25, 0.3) is 0 Å². The van der Waals surface area contributed by atoms with Crippen LogP contribution in [0.15, 0.2) is 5.03 Å². The third kappa shape index (κ3) is 4.96. The fraction of sp³-hybridized carbons (Fsp3) is 0.783. The zero-order valence-corrected chi connectivity index (χ0v) is 19.0. The van der Waals surface area contributed by atoms with E-state index in [9.17, 15) is 4.79 Å². The summed E-state index contributed by atoms with van der Waals surface area (Å²) in [6.07, 6.45) is 10.5. The molecule has 0 radical (unpaired) electrons. The molecule has 1 aromatic rings. The van der Waals surface area contributed by atoms with Gasteiger partial charge in [-0.1, -0.05) is 31.0 Å². The topological polar surface area (TPSA) is 55.3 Å². The van der Waals surface area contributed by atoms with Gasteiger partial charge in [0.25, 0.3) is 0 Å². The van der Waals surface area contributed by atoms with E-state index in [2.05, 4.69) is 13.8 Å². The molecule has 1 aliphatic carbocycles. The molecule has 1 saturated carbocycles. The summed E-state index contributed by atoms with van der Waals surface area (Å²) in [5.41, 5.74) is 2.05. The summed E-state index contributed by atoms with van der Waals surface area (Å²) in [4.78, 5) is 25.1. The van der Waals surface area contributed by atoms with Crippen LogP contribution in [-0.4, -0.2) is 44.7 Å². The molecule has 0 spiro atoms. The number of ether oxygens (including phenoxy) is 1. The first-order valence-corrected chi connectivity index (χ1v) is 12.3. The van der Waals surface area contributed by atoms with E-state index in [4.69, 9.17) is 14.7 Å². The van der Waals surface area contributed by atoms with Crippen molar-refractivity contribution in [3.8, 4) is 0 Å². The zero-order valence-electron chi connectivity index (χ0n) is 18.2. The number of nitrogens with zero attached hydrogens (tertiary/aromatic N) is 3. The summed E-state index contributed by atoms with van der Waals surface area (Å²) < 4.78 is 6.09. The normalized spacial score (nSPS) is 23.5. The van der Waals surface area contributed by atoms with Crippen LogP contribution in [0.3, 0.4) is 0 Å². The second kappa shape index (κ2) is 8.93. The van der Waals surface area contributed by atoms with Gasteiger partial charge in [-0.3, -0.25) is 4.79 Å². The molecular formula is C23H35N3O2S. The Morgan fingerprint density at radius 3 is 2.52 bits per heavy atom. The molecule has 1 amide bonds. The van der Waals surface area contributed by atoms with Crippen molar-refractivity contribution in [2.24, 2.45) is 0 Å². The predicted octanol–water partition coefficient (Wildman–Crippen LogP) is 4.87. The van der Waals surface area contributed by atoms with Crippen molar-refractivity contribution < 1.29 is 9.53 Å². The van der Waals surface area contributed by atoms with Crippen LogP contribution in [0.2, 0.25) is 0 Å². The number of likely N-dealkylation sites (tertiary alicyclic amines) is 1. The van der Waals surface area contributed by atoms with Gasteiger partial charge in [0.2, 0.25) is 5.91 Å². The first-order valence-electron chi connectivity index (χ1n) is 11.4. The van der Waals surface area contributed by atoms with E-state index in [1.54, 1.807) is 11.8 Å². The molecule has 5 nitrogen and oxygen atoms in total. The first kappa shape index (κ1) is 21.1. The van der Waals surface area contributed by atoms with Crippen LogP contribution in [0.1, 0.15) is 95.1 Å². The van der Waals surface area contributed by atoms with Gasteiger partial charge in [-0.2, -0.15) is 0 Å². The van der Waals surface area contributed by atoms with Gasteiger partial charge in [0, 0.05) is 31.0 Å². The van der Waals surface area contributed by atoms with Crippen LogP contribution in [0.5, 0.6) is 0 Å². The predicted molar refractivity (Wildman–Crippen MR) is 116 cm³/mol. The first-order chi connectivity index (χ1) is 13.9. The largest absolute Gasteiger partial charge is 0.370 e. The maximum atomic E-state index is 13.0. The second-order valence-electron chi connectivity index (χ2n) is 9.52. The van der Waals surface area contributed by atoms with Crippen molar-refractivity contribution in [1.82, 2.24) is 14.9 Å². The van der Waals surface area contributed by atoms with Crippen molar-refractivity contribution in [2.45, 2.75) is 107 Å². The molecule has 0 N–H and O–H groups in total. The lowest BCUT2D eigenvalue weighted by molar-refractivity contribution is -0.131. The van der Waals surface area contributed by atoms with Gasteiger partial charge in [0.1, 0.15) is 10.9 Å². The standard InChI is InChI=1S/C23H35N3O2S/c1-16(22(27)26-12-8-5-9-13-26)29-21-18-15-28-23(2,3)14-19(18)24-20(25-21)17-10-6-4-7-11-17/h16-17H,4-15H2,1-3H3. The lowest BCUT2D eigenvalue weighted by Crippen LogP contribution is -2.40. The molecule has 4 rings (SSSR count). The molecule has 3 heterocycles. The Bertz CT molecular complexity index is 740. The Morgan fingerprint density at radius 1 is 1.10 bits per heavy atom. The van der Waals surface area contributed by atoms with E-state index in [-0.39, 0.29) is 16.8 Å². The van der Waals surface area contributed by atoms with Crippen molar-refractivity contribution in [3.05, 3.63) is 17.1 Å². The summed E-state index contributed by atoms with van der Waals surface area (Å²) >= 11 is 1.62. The molecule has 1 aromatic heterocycles. The highest BCUT2D eigenvalue weighted by Crippen LogP contribution is 2.38. The molecule has 6 heteroatoms. The number of piperidine rings is 1. The number of rotatable bonds is 4. The maximum Gasteiger partial charge on any atom is 0.235 e. The van der Waals surface area contributed by atoms with E-state index in [1.165, 1.54) is 38.5 Å².